The van der Waals surface area contributed by atoms with E-state index in [4.69, 9.17) is 14.7 Å². The number of carbonyl (C=O) groups is 1. The molecule has 2 fully saturated rings. The van der Waals surface area contributed by atoms with Crippen LogP contribution in [0, 0.1) is 22.7 Å². The highest BCUT2D eigenvalue weighted by molar-refractivity contribution is 5.98. The number of hydrogen-bond acceptors (Lipinski definition) is 6. The predicted octanol–water partition coefficient (Wildman–Crippen LogP) is 3.56. The lowest BCUT2D eigenvalue weighted by Crippen LogP contribution is -2.49. The van der Waals surface area contributed by atoms with Crippen LogP contribution in [0.2, 0.25) is 0 Å². The number of ether oxygens (including phenoxy) is 2. The summed E-state index contributed by atoms with van der Waals surface area (Å²) in [4.78, 5) is 16.9. The lowest BCUT2D eigenvalue weighted by atomic mass is 9.73. The second-order valence-corrected chi connectivity index (χ2v) is 8.98. The number of nitrogens with zero attached hydrogens (tertiary/aromatic N) is 3. The number of amides is 1. The Morgan fingerprint density at radius 2 is 2.00 bits per heavy atom. The Bertz CT molecular complexity index is 1160. The summed E-state index contributed by atoms with van der Waals surface area (Å²) in [6.07, 6.45) is -4.13. The fourth-order valence-corrected chi connectivity index (χ4v) is 5.22. The molecule has 0 spiro atoms. The summed E-state index contributed by atoms with van der Waals surface area (Å²) in [5.41, 5.74) is -1.23. The molecule has 186 valence electrons. The first kappa shape index (κ1) is 24.7. The summed E-state index contributed by atoms with van der Waals surface area (Å²) in [7, 11) is 2.94. The van der Waals surface area contributed by atoms with Gasteiger partial charge in [0, 0.05) is 43.2 Å². The van der Waals surface area contributed by atoms with E-state index < -0.39 is 22.7 Å². The van der Waals surface area contributed by atoms with Gasteiger partial charge < -0.3 is 24.4 Å². The molecule has 0 bridgehead atoms. The van der Waals surface area contributed by atoms with Crippen molar-refractivity contribution in [2.24, 2.45) is 11.3 Å². The summed E-state index contributed by atoms with van der Waals surface area (Å²) in [5.74, 6) is 0.352. The quantitative estimate of drug-likeness (QED) is 0.692. The van der Waals surface area contributed by atoms with Crippen molar-refractivity contribution in [3.8, 4) is 17.6 Å². The molecule has 10 heteroatoms. The Morgan fingerprint density at radius 3 is 2.63 bits per heavy atom. The van der Waals surface area contributed by atoms with Crippen LogP contribution in [0.15, 0.2) is 36.4 Å². The van der Waals surface area contributed by atoms with Crippen LogP contribution >= 0.6 is 0 Å². The van der Waals surface area contributed by atoms with Crippen molar-refractivity contribution in [3.05, 3.63) is 53.1 Å². The molecule has 1 amide bonds. The van der Waals surface area contributed by atoms with Crippen LogP contribution in [-0.2, 0) is 6.18 Å². The van der Waals surface area contributed by atoms with Crippen molar-refractivity contribution in [1.29, 1.82) is 5.26 Å². The van der Waals surface area contributed by atoms with Gasteiger partial charge in [0.25, 0.3) is 5.91 Å². The van der Waals surface area contributed by atoms with Gasteiger partial charge in [-0.05, 0) is 36.8 Å². The van der Waals surface area contributed by atoms with Crippen molar-refractivity contribution in [1.82, 2.24) is 4.90 Å². The van der Waals surface area contributed by atoms with Crippen LogP contribution < -0.4 is 14.4 Å². The average molecular weight is 489 g/mol. The van der Waals surface area contributed by atoms with Crippen LogP contribution in [0.4, 0.5) is 18.9 Å². The molecule has 2 heterocycles. The molecule has 7 nitrogen and oxygen atoms in total. The fraction of sp³-hybridized carbons (Fsp3) is 0.440. The highest BCUT2D eigenvalue weighted by Crippen LogP contribution is 2.45. The van der Waals surface area contributed by atoms with Crippen molar-refractivity contribution in [2.45, 2.75) is 12.6 Å². The van der Waals surface area contributed by atoms with Crippen LogP contribution in [0.25, 0.3) is 0 Å². The number of rotatable bonds is 5. The third-order valence-corrected chi connectivity index (χ3v) is 7.16. The molecule has 35 heavy (non-hydrogen) atoms. The molecule has 2 atom stereocenters. The number of alkyl halides is 3. The van der Waals surface area contributed by atoms with Gasteiger partial charge in [-0.15, -0.1) is 0 Å². The predicted molar refractivity (Wildman–Crippen MR) is 121 cm³/mol. The molecule has 2 aliphatic heterocycles. The number of benzene rings is 2. The molecule has 2 aliphatic rings. The number of fused-ring (bicyclic) bond motifs is 1. The van der Waals surface area contributed by atoms with Gasteiger partial charge in [0.2, 0.25) is 0 Å². The number of aliphatic hydroxyl groups excluding tert-OH is 1. The van der Waals surface area contributed by atoms with Gasteiger partial charge in [-0.3, -0.25) is 4.79 Å². The van der Waals surface area contributed by atoms with Crippen molar-refractivity contribution in [2.75, 3.05) is 51.9 Å². The summed E-state index contributed by atoms with van der Waals surface area (Å²) in [5, 5.41) is 19.4. The van der Waals surface area contributed by atoms with E-state index in [2.05, 4.69) is 0 Å². The Balaban J connectivity index is 1.59. The van der Waals surface area contributed by atoms with Crippen LogP contribution in [0.5, 0.6) is 11.5 Å². The minimum Gasteiger partial charge on any atom is -0.493 e. The zero-order valence-electron chi connectivity index (χ0n) is 19.4. The maximum Gasteiger partial charge on any atom is 0.417 e. The molecule has 2 saturated heterocycles. The minimum atomic E-state index is -4.64. The van der Waals surface area contributed by atoms with Gasteiger partial charge in [0.15, 0.2) is 11.5 Å². The number of likely N-dealkylation sites (tertiary alicyclic amines) is 1. The maximum atomic E-state index is 13.5. The fourth-order valence-electron chi connectivity index (χ4n) is 5.22. The van der Waals surface area contributed by atoms with E-state index in [-0.39, 0.29) is 18.4 Å². The number of methoxy groups -OCH3 is 2. The topological polar surface area (TPSA) is 86.0 Å². The third-order valence-electron chi connectivity index (χ3n) is 7.16. The number of para-hydroxylation sites is 1. The van der Waals surface area contributed by atoms with E-state index in [1.807, 2.05) is 4.90 Å². The number of anilines is 1. The standard InChI is InChI=1S/C25H26F3N3O4/c1-34-21-5-3-4-19(22(21)35-2)23(33)31-13-17-12-30(9-8-24(17,14-31)15-32)18-7-6-16(11-29)20(10-18)25(26,27)28/h3-7,10,17,32H,8-9,12-15H2,1-2H3/t17-,24+/m1/s1. The number of nitriles is 1. The molecule has 0 aliphatic carbocycles. The van der Waals surface area contributed by atoms with Crippen LogP contribution in [0.1, 0.15) is 27.9 Å². The second kappa shape index (κ2) is 9.30. The zero-order valence-corrected chi connectivity index (χ0v) is 19.4. The summed E-state index contributed by atoms with van der Waals surface area (Å²) < 4.78 is 51.1. The molecular formula is C25H26F3N3O4. The van der Waals surface area contributed by atoms with E-state index in [9.17, 15) is 23.1 Å². The summed E-state index contributed by atoms with van der Waals surface area (Å²) in [6.45, 7) is 1.35. The SMILES string of the molecule is COc1cccc(C(=O)N2C[C@H]3CN(c4ccc(C#N)c(C(F)(F)F)c4)CC[C@@]3(CO)C2)c1OC. The first-order valence-corrected chi connectivity index (χ1v) is 11.1. The highest BCUT2D eigenvalue weighted by atomic mass is 19.4. The monoisotopic (exact) mass is 489 g/mol. The zero-order chi connectivity index (χ0) is 25.4. The van der Waals surface area contributed by atoms with E-state index in [0.717, 1.165) is 6.07 Å². The molecule has 0 aromatic heterocycles. The number of hydrogen-bond donors (Lipinski definition) is 1. The van der Waals surface area contributed by atoms with Crippen molar-refractivity contribution >= 4 is 11.6 Å². The van der Waals surface area contributed by atoms with E-state index in [0.29, 0.717) is 55.3 Å². The smallest absolute Gasteiger partial charge is 0.417 e. The molecule has 2 aromatic carbocycles. The second-order valence-electron chi connectivity index (χ2n) is 8.98. The van der Waals surface area contributed by atoms with Crippen molar-refractivity contribution < 1.29 is 32.5 Å². The molecule has 0 unspecified atom stereocenters. The van der Waals surface area contributed by atoms with Gasteiger partial charge in [0.05, 0.1) is 43.6 Å². The van der Waals surface area contributed by atoms with Gasteiger partial charge in [-0.1, -0.05) is 6.07 Å². The molecule has 4 rings (SSSR count). The van der Waals surface area contributed by atoms with Gasteiger partial charge in [-0.25, -0.2) is 0 Å². The van der Waals surface area contributed by atoms with Crippen LogP contribution in [-0.4, -0.2) is 62.9 Å². The molecular weight excluding hydrogens is 463 g/mol. The molecule has 2 aromatic rings. The normalized spacial score (nSPS) is 21.9. The van der Waals surface area contributed by atoms with Gasteiger partial charge in [-0.2, -0.15) is 18.4 Å². The lowest BCUT2D eigenvalue weighted by molar-refractivity contribution is -0.137. The van der Waals surface area contributed by atoms with E-state index in [1.165, 1.54) is 26.4 Å². The Hall–Kier alpha value is -3.45. The van der Waals surface area contributed by atoms with E-state index >= 15 is 0 Å². The Kier molecular flexibility index (Phi) is 6.56. The van der Waals surface area contributed by atoms with Gasteiger partial charge >= 0.3 is 6.18 Å². The van der Waals surface area contributed by atoms with Crippen molar-refractivity contribution in [3.63, 3.8) is 0 Å². The number of halogens is 3. The lowest BCUT2D eigenvalue weighted by Gasteiger charge is -2.43. The van der Waals surface area contributed by atoms with Crippen LogP contribution in [0.3, 0.4) is 0 Å². The maximum absolute atomic E-state index is 13.5. The molecule has 0 saturated carbocycles. The first-order valence-electron chi connectivity index (χ1n) is 11.1. The number of aliphatic hydroxyl groups is 1. The summed E-state index contributed by atoms with van der Waals surface area (Å²) in [6, 6.07) is 10.3. The number of carbonyl (C=O) groups excluding carboxylic acids is 1. The minimum absolute atomic E-state index is 0.133. The van der Waals surface area contributed by atoms with E-state index in [1.54, 1.807) is 29.2 Å². The molecule has 1 N–H and O–H groups in total. The largest absolute Gasteiger partial charge is 0.493 e. The Morgan fingerprint density at radius 1 is 1.23 bits per heavy atom. The average Bonchev–Trinajstić information content (AvgIpc) is 3.26. The van der Waals surface area contributed by atoms with Gasteiger partial charge in [0.1, 0.15) is 0 Å². The Labute approximate surface area is 201 Å². The number of piperidine rings is 1. The summed E-state index contributed by atoms with van der Waals surface area (Å²) >= 11 is 0. The third kappa shape index (κ3) is 4.36. The first-order chi connectivity index (χ1) is 16.7. The molecule has 0 radical (unpaired) electrons. The highest BCUT2D eigenvalue weighted by Gasteiger charge is 2.51.